The average molecular weight is 1180 g/mol. The molecule has 15 nitrogen and oxygen atoms in total. The molecule has 7 rings (SSSR count). The van der Waals surface area contributed by atoms with Crippen molar-refractivity contribution in [2.75, 3.05) is 6.61 Å². The molecule has 1 N–H and O–H groups in total. The van der Waals surface area contributed by atoms with Crippen LogP contribution in [-0.4, -0.2) is 114 Å². The minimum absolute atomic E-state index is 0.00300. The zero-order valence-electron chi connectivity index (χ0n) is 45.0. The van der Waals surface area contributed by atoms with Gasteiger partial charge in [0.2, 0.25) is 0 Å². The molecule has 4 aliphatic heterocycles. The summed E-state index contributed by atoms with van der Waals surface area (Å²) >= 11 is 18.3. The van der Waals surface area contributed by atoms with E-state index in [0.29, 0.717) is 5.56 Å². The lowest BCUT2D eigenvalue weighted by atomic mass is 9.79. The highest BCUT2D eigenvalue weighted by atomic mass is 35.6. The zero-order valence-corrected chi connectivity index (χ0v) is 48.3. The first kappa shape index (κ1) is 62.6. The molecule has 0 spiro atoms. The minimum atomic E-state index is -5.27. The van der Waals surface area contributed by atoms with Crippen LogP contribution in [0.25, 0.3) is 0 Å². The molecule has 0 radical (unpaired) electrons. The third-order valence-corrected chi connectivity index (χ3v) is 17.3. The second kappa shape index (κ2) is 27.8. The molecule has 78 heavy (non-hydrogen) atoms. The number of amides is 1. The van der Waals surface area contributed by atoms with Crippen LogP contribution in [-0.2, 0) is 86.1 Å². The van der Waals surface area contributed by atoms with Crippen molar-refractivity contribution in [2.45, 2.75) is 172 Å². The van der Waals surface area contributed by atoms with Gasteiger partial charge in [-0.15, -0.1) is 0 Å². The van der Waals surface area contributed by atoms with Crippen LogP contribution >= 0.6 is 43.6 Å². The van der Waals surface area contributed by atoms with E-state index < -0.39 is 116 Å². The number of hydrogen-bond acceptors (Lipinski definition) is 14. The summed E-state index contributed by atoms with van der Waals surface area (Å²) in [6, 6.07) is 25.8. The molecule has 4 aliphatic rings. The topological polar surface area (TPSA) is 165 Å². The second-order valence-electron chi connectivity index (χ2n) is 21.1. The lowest BCUT2D eigenvalue weighted by Crippen LogP contribution is -2.66. The van der Waals surface area contributed by atoms with E-state index in [1.165, 1.54) is 0 Å². The van der Waals surface area contributed by atoms with Crippen LogP contribution in [0.2, 0.25) is 0 Å². The first-order valence-electron chi connectivity index (χ1n) is 26.4. The Kier molecular flexibility index (Phi) is 22.3. The Morgan fingerprint density at radius 3 is 1.64 bits per heavy atom. The summed E-state index contributed by atoms with van der Waals surface area (Å²) in [5.41, 5.74) is 0.0443. The van der Waals surface area contributed by atoms with E-state index in [2.05, 4.69) is 39.9 Å². The molecule has 0 saturated carbocycles. The number of hydrogen-bond donors (Lipinski definition) is 1. The summed E-state index contributed by atoms with van der Waals surface area (Å²) in [6.07, 6.45) is -17.8. The molecule has 0 bridgehead atoms. The monoisotopic (exact) mass is 1180 g/mol. The van der Waals surface area contributed by atoms with Gasteiger partial charge in [-0.25, -0.2) is 4.79 Å². The fraction of sp³-hybridized carbons (Fsp3) is 0.625. The van der Waals surface area contributed by atoms with Crippen LogP contribution in [0, 0.1) is 41.4 Å². The number of nitrogens with one attached hydrogen (secondary N) is 1. The Balaban J connectivity index is 1.28. The van der Waals surface area contributed by atoms with E-state index in [4.69, 9.17) is 86.7 Å². The van der Waals surface area contributed by atoms with Gasteiger partial charge in [0.15, 0.2) is 31.3 Å². The molecule has 4 heterocycles. The van der Waals surface area contributed by atoms with Crippen molar-refractivity contribution >= 4 is 61.0 Å². The maximum Gasteiger partial charge on any atom is 0.456 e. The number of rotatable bonds is 20. The van der Waals surface area contributed by atoms with Crippen molar-refractivity contribution in [3.8, 4) is 0 Å². The van der Waals surface area contributed by atoms with Crippen LogP contribution < -0.4 is 5.32 Å². The van der Waals surface area contributed by atoms with Gasteiger partial charge in [-0.1, -0.05) is 174 Å². The third kappa shape index (κ3) is 15.9. The number of benzene rings is 3. The first-order chi connectivity index (χ1) is 36.9. The minimum Gasteiger partial charge on any atom is -0.459 e. The molecule has 432 valence electrons. The van der Waals surface area contributed by atoms with Crippen LogP contribution in [0.15, 0.2) is 91.0 Å². The van der Waals surface area contributed by atoms with Gasteiger partial charge in [0.25, 0.3) is 15.2 Å². The van der Waals surface area contributed by atoms with E-state index in [1.54, 1.807) is 38.1 Å². The van der Waals surface area contributed by atoms with E-state index in [9.17, 15) is 27.6 Å². The van der Waals surface area contributed by atoms with Crippen LogP contribution in [0.3, 0.4) is 0 Å². The van der Waals surface area contributed by atoms with Crippen molar-refractivity contribution < 1.29 is 79.4 Å². The Morgan fingerprint density at radius 1 is 0.551 bits per heavy atom. The predicted molar refractivity (Wildman–Crippen MR) is 285 cm³/mol. The summed E-state index contributed by atoms with van der Waals surface area (Å²) in [7, 11) is -1.84. The van der Waals surface area contributed by atoms with Gasteiger partial charge in [0.05, 0.1) is 53.0 Å². The van der Waals surface area contributed by atoms with Crippen molar-refractivity contribution in [3.63, 3.8) is 0 Å². The number of halogens is 6. The molecule has 4 saturated heterocycles. The average Bonchev–Trinajstić information content (AvgIpc) is 3.45. The molecule has 10 unspecified atom stereocenters. The lowest BCUT2D eigenvalue weighted by Gasteiger charge is -2.51. The zero-order chi connectivity index (χ0) is 56.6. The SMILES string of the molecule is CC1C(C)[C@@H](C)[C@H](C)O[C@H]1OC1C(C)[C@@H](C)[C@H](C)O[C@H]1O[C@H]1C(C(=O)OCc2ccccc2)O[C@@H](O[C@@H]2C(NC(=O)C(Cl)(Cl)Cl)C(OPC(=O)C(F)(F)F)OC(COCc3ccccc3)[C@@H]2C)C(OCc2ccccc2)[C@H]1C. The number of esters is 1. The number of alkyl halides is 6. The van der Waals surface area contributed by atoms with Crippen molar-refractivity contribution in [1.82, 2.24) is 5.32 Å². The van der Waals surface area contributed by atoms with E-state index in [-0.39, 0.29) is 68.2 Å². The van der Waals surface area contributed by atoms with Crippen LogP contribution in [0.1, 0.15) is 79.0 Å². The smallest absolute Gasteiger partial charge is 0.456 e. The molecule has 3 aromatic carbocycles. The first-order valence-corrected chi connectivity index (χ1v) is 28.4. The van der Waals surface area contributed by atoms with Crippen molar-refractivity contribution in [1.29, 1.82) is 0 Å². The molecule has 4 fully saturated rings. The van der Waals surface area contributed by atoms with Gasteiger partial charge >= 0.3 is 12.1 Å². The third-order valence-electron chi connectivity index (χ3n) is 15.9. The molecule has 3 aromatic rings. The molecule has 21 atom stereocenters. The normalized spacial score (nSPS) is 35.8. The fourth-order valence-electron chi connectivity index (χ4n) is 10.2. The quantitative estimate of drug-likeness (QED) is 0.0645. The largest absolute Gasteiger partial charge is 0.459 e. The highest BCUT2D eigenvalue weighted by Crippen LogP contribution is 2.44. The van der Waals surface area contributed by atoms with Crippen molar-refractivity contribution in [2.24, 2.45) is 41.4 Å². The molecule has 22 heteroatoms. The maximum absolute atomic E-state index is 14.9. The molecular weight excluding hydrogens is 1100 g/mol. The van der Waals surface area contributed by atoms with Gasteiger partial charge < -0.3 is 57.2 Å². The molecule has 1 amide bonds. The van der Waals surface area contributed by atoms with Crippen LogP contribution in [0.5, 0.6) is 0 Å². The van der Waals surface area contributed by atoms with E-state index in [1.807, 2.05) is 80.6 Å². The Morgan fingerprint density at radius 2 is 1.06 bits per heavy atom. The van der Waals surface area contributed by atoms with E-state index >= 15 is 0 Å². The Labute approximate surface area is 471 Å². The summed E-state index contributed by atoms with van der Waals surface area (Å²) in [5.74, 6) is -3.32. The highest BCUT2D eigenvalue weighted by Gasteiger charge is 2.56. The van der Waals surface area contributed by atoms with Gasteiger partial charge in [-0.05, 0) is 54.2 Å². The molecule has 0 aliphatic carbocycles. The Hall–Kier alpha value is -3.04. The summed E-state index contributed by atoms with van der Waals surface area (Å²) < 4.78 is 110. The number of ether oxygens (including phenoxy) is 10. The summed E-state index contributed by atoms with van der Waals surface area (Å²) in [6.45, 7) is 17.8. The maximum atomic E-state index is 14.9. The second-order valence-corrected chi connectivity index (χ2v) is 24.3. The summed E-state index contributed by atoms with van der Waals surface area (Å²) in [5, 5.41) is 2.53. The van der Waals surface area contributed by atoms with Gasteiger partial charge in [0.1, 0.15) is 31.0 Å². The number of carbonyl (C=O) groups excluding carboxylic acids is 3. The predicted octanol–water partition coefficient (Wildman–Crippen LogP) is 10.6. The van der Waals surface area contributed by atoms with Gasteiger partial charge in [-0.2, -0.15) is 13.2 Å². The highest BCUT2D eigenvalue weighted by molar-refractivity contribution is 7.53. The van der Waals surface area contributed by atoms with Gasteiger partial charge in [-0.3, -0.25) is 9.59 Å². The van der Waals surface area contributed by atoms with Crippen LogP contribution in [0.4, 0.5) is 13.2 Å². The fourth-order valence-corrected chi connectivity index (χ4v) is 10.9. The number of carbonyl (C=O) groups is 3. The summed E-state index contributed by atoms with van der Waals surface area (Å²) in [4.78, 5) is 40.9. The lowest BCUT2D eigenvalue weighted by molar-refractivity contribution is -0.370. The molecule has 0 aromatic heterocycles. The van der Waals surface area contributed by atoms with Crippen molar-refractivity contribution in [3.05, 3.63) is 108 Å². The van der Waals surface area contributed by atoms with E-state index in [0.717, 1.165) is 11.1 Å². The van der Waals surface area contributed by atoms with Gasteiger partial charge in [0, 0.05) is 17.8 Å². The Bertz CT molecular complexity index is 2390. The standard InChI is InChI=1S/C56H72Cl3F3NO14P/c1-29-30(2)36(8)70-49(33(29)5)75-46-32(4)31(3)37(9)71-52(46)74-44-35(7)45(68-26-39-21-15-11-16-22-39)51(76-47(44)48(64)69-27-40-23-17-12-18-24-40)73-43-34(6)41(28-67-25-38-19-13-10-14-20-38)72-50(77-78-54(66)56(60,61)62)42(43)63-53(65)55(57,58)59/h10-24,29-37,41-47,49-52,78H,25-28H2,1-9H3,(H,63,65)/t29?,30-,31-,32?,33?,34+,35+,36+,37+,41?,42?,43+,44-,45?,46?,47?,49+,50?,51-,52+/m1/s1. The molecular formula is C56H72Cl3F3NO14P.